The first-order valence-electron chi connectivity index (χ1n) is 8.21. The summed E-state index contributed by atoms with van der Waals surface area (Å²) in [5.74, 6) is 0.728. The van der Waals surface area contributed by atoms with Gasteiger partial charge in [0.2, 0.25) is 11.8 Å². The number of likely N-dealkylation sites (N-methyl/N-ethyl adjacent to an activating group) is 1. The van der Waals surface area contributed by atoms with Crippen molar-refractivity contribution >= 4 is 45.1 Å². The van der Waals surface area contributed by atoms with Crippen molar-refractivity contribution in [2.75, 3.05) is 25.9 Å². The van der Waals surface area contributed by atoms with E-state index in [2.05, 4.69) is 29.1 Å². The van der Waals surface area contributed by atoms with Gasteiger partial charge < -0.3 is 10.2 Å². The molecule has 2 aromatic rings. The summed E-state index contributed by atoms with van der Waals surface area (Å²) in [6.07, 6.45) is 0.877. The van der Waals surface area contributed by atoms with Crippen molar-refractivity contribution in [3.8, 4) is 0 Å². The third-order valence-corrected chi connectivity index (χ3v) is 5.88. The standard InChI is InChI=1S/C17H24N4O2S2/c1-6-7-18-13(22)8-21(5)14(23)9-24-16-15-10(2)11(3)25-17(15)20-12(4)19-16/h6-9H2,1-5H3,(H,18,22). The minimum atomic E-state index is -0.132. The molecule has 6 nitrogen and oxygen atoms in total. The molecular formula is C17H24N4O2S2. The van der Waals surface area contributed by atoms with Crippen LogP contribution < -0.4 is 5.32 Å². The van der Waals surface area contributed by atoms with E-state index in [1.54, 1.807) is 18.4 Å². The summed E-state index contributed by atoms with van der Waals surface area (Å²) in [6, 6.07) is 0. The van der Waals surface area contributed by atoms with Gasteiger partial charge in [-0.3, -0.25) is 9.59 Å². The highest BCUT2D eigenvalue weighted by molar-refractivity contribution is 8.00. The molecule has 25 heavy (non-hydrogen) atoms. The first-order valence-corrected chi connectivity index (χ1v) is 10.0. The third-order valence-electron chi connectivity index (χ3n) is 3.82. The molecule has 0 fully saturated rings. The zero-order chi connectivity index (χ0) is 18.6. The predicted molar refractivity (Wildman–Crippen MR) is 103 cm³/mol. The van der Waals surface area contributed by atoms with Gasteiger partial charge in [0.1, 0.15) is 15.7 Å². The lowest BCUT2D eigenvalue weighted by molar-refractivity contribution is -0.132. The van der Waals surface area contributed by atoms with Crippen molar-refractivity contribution in [2.24, 2.45) is 0 Å². The lowest BCUT2D eigenvalue weighted by Crippen LogP contribution is -2.39. The van der Waals surface area contributed by atoms with Gasteiger partial charge in [0, 0.05) is 23.9 Å². The largest absolute Gasteiger partial charge is 0.355 e. The van der Waals surface area contributed by atoms with Crippen molar-refractivity contribution in [3.05, 3.63) is 16.3 Å². The Labute approximate surface area is 156 Å². The Morgan fingerprint density at radius 2 is 1.96 bits per heavy atom. The van der Waals surface area contributed by atoms with Crippen LogP contribution >= 0.6 is 23.1 Å². The molecule has 2 heterocycles. The van der Waals surface area contributed by atoms with E-state index in [0.29, 0.717) is 12.4 Å². The Balaban J connectivity index is 2.04. The number of hydrogen-bond acceptors (Lipinski definition) is 6. The van der Waals surface area contributed by atoms with Gasteiger partial charge >= 0.3 is 0 Å². The molecule has 0 bridgehead atoms. The Bertz CT molecular complexity index is 789. The number of nitrogens with one attached hydrogen (secondary N) is 1. The van der Waals surface area contributed by atoms with E-state index in [4.69, 9.17) is 0 Å². The molecule has 1 N–H and O–H groups in total. The fraction of sp³-hybridized carbons (Fsp3) is 0.529. The van der Waals surface area contributed by atoms with Crippen LogP contribution in [0.5, 0.6) is 0 Å². The number of carbonyl (C=O) groups excluding carboxylic acids is 2. The number of aromatic nitrogens is 2. The van der Waals surface area contributed by atoms with Gasteiger partial charge in [-0.25, -0.2) is 9.97 Å². The van der Waals surface area contributed by atoms with Crippen LogP contribution in [0.15, 0.2) is 5.03 Å². The maximum atomic E-state index is 12.3. The van der Waals surface area contributed by atoms with Crippen LogP contribution in [-0.4, -0.2) is 52.6 Å². The number of amides is 2. The third kappa shape index (κ3) is 4.92. The van der Waals surface area contributed by atoms with Crippen molar-refractivity contribution in [1.29, 1.82) is 0 Å². The molecule has 0 unspecified atom stereocenters. The normalized spacial score (nSPS) is 10.9. The predicted octanol–water partition coefficient (Wildman–Crippen LogP) is 2.69. The Morgan fingerprint density at radius 3 is 2.64 bits per heavy atom. The van der Waals surface area contributed by atoms with Gasteiger partial charge in [0.05, 0.1) is 12.3 Å². The smallest absolute Gasteiger partial charge is 0.239 e. The van der Waals surface area contributed by atoms with E-state index in [-0.39, 0.29) is 24.1 Å². The highest BCUT2D eigenvalue weighted by Crippen LogP contribution is 2.35. The first kappa shape index (κ1) is 19.7. The number of aryl methyl sites for hydroxylation is 3. The van der Waals surface area contributed by atoms with E-state index in [9.17, 15) is 9.59 Å². The molecule has 0 aliphatic carbocycles. The molecule has 0 aliphatic rings. The zero-order valence-corrected chi connectivity index (χ0v) is 16.9. The fourth-order valence-electron chi connectivity index (χ4n) is 2.28. The summed E-state index contributed by atoms with van der Waals surface area (Å²) in [5, 5.41) is 4.65. The van der Waals surface area contributed by atoms with Crippen molar-refractivity contribution in [2.45, 2.75) is 39.1 Å². The first-order chi connectivity index (χ1) is 11.8. The molecule has 136 valence electrons. The van der Waals surface area contributed by atoms with Crippen LogP contribution in [0, 0.1) is 20.8 Å². The number of hydrogen-bond donors (Lipinski definition) is 1. The summed E-state index contributed by atoms with van der Waals surface area (Å²) in [5.41, 5.74) is 1.17. The maximum Gasteiger partial charge on any atom is 0.239 e. The van der Waals surface area contributed by atoms with Gasteiger partial charge in [0.15, 0.2) is 0 Å². The average molecular weight is 381 g/mol. The topological polar surface area (TPSA) is 75.2 Å². The lowest BCUT2D eigenvalue weighted by atomic mass is 10.2. The second-order valence-electron chi connectivity index (χ2n) is 5.93. The van der Waals surface area contributed by atoms with Crippen LogP contribution in [0.1, 0.15) is 29.6 Å². The number of thiophene rings is 1. The van der Waals surface area contributed by atoms with Gasteiger partial charge in [-0.1, -0.05) is 18.7 Å². The molecule has 2 rings (SSSR count). The minimum absolute atomic E-state index is 0.0776. The molecule has 2 amide bonds. The van der Waals surface area contributed by atoms with E-state index in [1.165, 1.54) is 27.1 Å². The summed E-state index contributed by atoms with van der Waals surface area (Å²) >= 11 is 3.06. The second kappa shape index (κ2) is 8.62. The van der Waals surface area contributed by atoms with E-state index < -0.39 is 0 Å². The summed E-state index contributed by atoms with van der Waals surface area (Å²) < 4.78 is 0. The van der Waals surface area contributed by atoms with Gasteiger partial charge in [-0.2, -0.15) is 0 Å². The average Bonchev–Trinajstić information content (AvgIpc) is 2.84. The molecule has 0 saturated carbocycles. The highest BCUT2D eigenvalue weighted by Gasteiger charge is 2.17. The molecule has 8 heteroatoms. The molecule has 0 aliphatic heterocycles. The summed E-state index contributed by atoms with van der Waals surface area (Å²) in [6.45, 7) is 8.69. The van der Waals surface area contributed by atoms with Crippen molar-refractivity contribution < 1.29 is 9.59 Å². The molecule has 0 atom stereocenters. The minimum Gasteiger partial charge on any atom is -0.355 e. The summed E-state index contributed by atoms with van der Waals surface area (Å²) in [4.78, 5) is 36.7. The summed E-state index contributed by atoms with van der Waals surface area (Å²) in [7, 11) is 1.65. The van der Waals surface area contributed by atoms with Crippen molar-refractivity contribution in [3.63, 3.8) is 0 Å². The van der Waals surface area contributed by atoms with E-state index in [1.807, 2.05) is 13.8 Å². The van der Waals surface area contributed by atoms with Gasteiger partial charge in [-0.05, 0) is 32.8 Å². The molecule has 0 radical (unpaired) electrons. The van der Waals surface area contributed by atoms with Crippen LogP contribution in [0.2, 0.25) is 0 Å². The zero-order valence-electron chi connectivity index (χ0n) is 15.3. The van der Waals surface area contributed by atoms with Gasteiger partial charge in [-0.15, -0.1) is 11.3 Å². The van der Waals surface area contributed by atoms with Crippen molar-refractivity contribution in [1.82, 2.24) is 20.2 Å². The molecule has 0 spiro atoms. The molecule has 0 aromatic carbocycles. The number of nitrogens with zero attached hydrogens (tertiary/aromatic N) is 3. The Hall–Kier alpha value is -1.67. The SMILES string of the molecule is CCCNC(=O)CN(C)C(=O)CSc1nc(C)nc2sc(C)c(C)c12. The fourth-order valence-corrected chi connectivity index (χ4v) is 4.49. The Morgan fingerprint density at radius 1 is 1.24 bits per heavy atom. The van der Waals surface area contributed by atoms with Crippen LogP contribution in [0.3, 0.4) is 0 Å². The molecular weight excluding hydrogens is 356 g/mol. The van der Waals surface area contributed by atoms with Crippen LogP contribution in [0.4, 0.5) is 0 Å². The molecule has 2 aromatic heterocycles. The van der Waals surface area contributed by atoms with Crippen LogP contribution in [0.25, 0.3) is 10.2 Å². The lowest BCUT2D eigenvalue weighted by Gasteiger charge is -2.16. The second-order valence-corrected chi connectivity index (χ2v) is 8.10. The monoisotopic (exact) mass is 380 g/mol. The quantitative estimate of drug-likeness (QED) is 0.590. The van der Waals surface area contributed by atoms with E-state index >= 15 is 0 Å². The number of carbonyl (C=O) groups is 2. The number of fused-ring (bicyclic) bond motifs is 1. The highest BCUT2D eigenvalue weighted by atomic mass is 32.2. The maximum absolute atomic E-state index is 12.3. The van der Waals surface area contributed by atoms with E-state index in [0.717, 1.165) is 21.7 Å². The molecule has 0 saturated heterocycles. The number of thioether (sulfide) groups is 1. The van der Waals surface area contributed by atoms with Crippen LogP contribution in [-0.2, 0) is 9.59 Å². The van der Waals surface area contributed by atoms with Gasteiger partial charge in [0.25, 0.3) is 0 Å². The number of rotatable bonds is 7. The Kier molecular flexibility index (Phi) is 6.78.